The van der Waals surface area contributed by atoms with Gasteiger partial charge in [-0.3, -0.25) is 0 Å². The van der Waals surface area contributed by atoms with Crippen molar-refractivity contribution in [3.63, 3.8) is 0 Å². The van der Waals surface area contributed by atoms with E-state index in [9.17, 15) is 8.42 Å². The number of fused-ring (bicyclic) bond motifs is 1. The van der Waals surface area contributed by atoms with Crippen LogP contribution in [0.5, 0.6) is 11.5 Å². The molecule has 1 unspecified atom stereocenters. The fraction of sp³-hybridized carbons (Fsp3) is 0.368. The molecular weight excluding hydrogens is 338 g/mol. The van der Waals surface area contributed by atoms with Gasteiger partial charge in [-0.05, 0) is 48.6 Å². The maximum absolute atomic E-state index is 13.0. The third-order valence-electron chi connectivity index (χ3n) is 4.94. The van der Waals surface area contributed by atoms with Gasteiger partial charge in [0.1, 0.15) is 0 Å². The van der Waals surface area contributed by atoms with Crippen LogP contribution >= 0.6 is 0 Å². The number of aryl methyl sites for hydroxylation is 1. The van der Waals surface area contributed by atoms with Crippen molar-refractivity contribution in [1.82, 2.24) is 4.31 Å². The molecule has 132 valence electrons. The zero-order valence-corrected chi connectivity index (χ0v) is 15.0. The number of nitrogens with zero attached hydrogens (tertiary/aromatic N) is 1. The Bertz CT molecular complexity index is 894. The van der Waals surface area contributed by atoms with Gasteiger partial charge in [0.2, 0.25) is 16.8 Å². The van der Waals surface area contributed by atoms with Crippen LogP contribution in [0.15, 0.2) is 42.5 Å². The molecule has 2 aliphatic rings. The molecule has 0 bridgehead atoms. The SMILES string of the molecule is Cc1ccccc1CS(=O)(=O)N1CCCC1c1ccc2c(c1)OCO2. The van der Waals surface area contributed by atoms with E-state index >= 15 is 0 Å². The summed E-state index contributed by atoms with van der Waals surface area (Å²) in [5, 5.41) is 0. The Morgan fingerprint density at radius 3 is 2.76 bits per heavy atom. The van der Waals surface area contributed by atoms with Crippen molar-refractivity contribution >= 4 is 10.0 Å². The third-order valence-corrected chi connectivity index (χ3v) is 6.77. The second kappa shape index (κ2) is 6.35. The molecule has 1 atom stereocenters. The van der Waals surface area contributed by atoms with Crippen LogP contribution in [0, 0.1) is 6.92 Å². The highest BCUT2D eigenvalue weighted by atomic mass is 32.2. The summed E-state index contributed by atoms with van der Waals surface area (Å²) in [7, 11) is -3.39. The minimum atomic E-state index is -3.39. The first-order valence-corrected chi connectivity index (χ1v) is 10.1. The molecule has 0 spiro atoms. The Labute approximate surface area is 148 Å². The fourth-order valence-corrected chi connectivity index (χ4v) is 5.48. The predicted octanol–water partition coefficient (Wildman–Crippen LogP) is 3.39. The maximum atomic E-state index is 13.0. The highest BCUT2D eigenvalue weighted by Gasteiger charge is 2.36. The van der Waals surface area contributed by atoms with Crippen molar-refractivity contribution in [3.05, 3.63) is 59.2 Å². The van der Waals surface area contributed by atoms with Crippen molar-refractivity contribution in [3.8, 4) is 11.5 Å². The van der Waals surface area contributed by atoms with E-state index in [-0.39, 0.29) is 18.6 Å². The predicted molar refractivity (Wildman–Crippen MR) is 95.0 cm³/mol. The Morgan fingerprint density at radius 2 is 1.92 bits per heavy atom. The molecule has 0 amide bonds. The average Bonchev–Trinajstić information content (AvgIpc) is 3.25. The summed E-state index contributed by atoms with van der Waals surface area (Å²) in [6.45, 7) is 2.73. The molecule has 25 heavy (non-hydrogen) atoms. The van der Waals surface area contributed by atoms with Gasteiger partial charge in [0.15, 0.2) is 11.5 Å². The van der Waals surface area contributed by atoms with Gasteiger partial charge in [0.25, 0.3) is 0 Å². The molecule has 0 saturated carbocycles. The highest BCUT2D eigenvalue weighted by molar-refractivity contribution is 7.88. The lowest BCUT2D eigenvalue weighted by Gasteiger charge is -2.25. The largest absolute Gasteiger partial charge is 0.454 e. The number of sulfonamides is 1. The summed E-state index contributed by atoms with van der Waals surface area (Å²) in [5.74, 6) is 1.46. The minimum absolute atomic E-state index is 0.0424. The summed E-state index contributed by atoms with van der Waals surface area (Å²) < 4.78 is 38.5. The van der Waals surface area contributed by atoms with Crippen LogP contribution in [0.3, 0.4) is 0 Å². The Kier molecular flexibility index (Phi) is 4.17. The minimum Gasteiger partial charge on any atom is -0.454 e. The van der Waals surface area contributed by atoms with E-state index in [2.05, 4.69) is 0 Å². The second-order valence-electron chi connectivity index (χ2n) is 6.56. The Hall–Kier alpha value is -2.05. The summed E-state index contributed by atoms with van der Waals surface area (Å²) in [6, 6.07) is 13.2. The zero-order chi connectivity index (χ0) is 17.4. The number of ether oxygens (including phenoxy) is 2. The molecule has 0 N–H and O–H groups in total. The highest BCUT2D eigenvalue weighted by Crippen LogP contribution is 2.40. The third kappa shape index (κ3) is 3.12. The summed E-state index contributed by atoms with van der Waals surface area (Å²) >= 11 is 0. The molecular formula is C19H21NO4S. The van der Waals surface area contributed by atoms with Gasteiger partial charge < -0.3 is 9.47 Å². The van der Waals surface area contributed by atoms with Crippen molar-refractivity contribution < 1.29 is 17.9 Å². The van der Waals surface area contributed by atoms with Gasteiger partial charge in [0, 0.05) is 12.6 Å². The van der Waals surface area contributed by atoms with Crippen molar-refractivity contribution in [2.24, 2.45) is 0 Å². The Balaban J connectivity index is 1.61. The number of rotatable bonds is 4. The summed E-state index contributed by atoms with van der Waals surface area (Å²) in [5.41, 5.74) is 2.83. The first-order chi connectivity index (χ1) is 12.0. The second-order valence-corrected chi connectivity index (χ2v) is 8.49. The van der Waals surface area contributed by atoms with Gasteiger partial charge in [-0.25, -0.2) is 8.42 Å². The van der Waals surface area contributed by atoms with Crippen LogP contribution in [-0.4, -0.2) is 26.1 Å². The molecule has 0 aromatic heterocycles. The standard InChI is InChI=1S/C19H21NO4S/c1-14-5-2-3-6-16(14)12-25(21,22)20-10-4-7-17(20)15-8-9-18-19(11-15)24-13-23-18/h2-3,5-6,8-9,11,17H,4,7,10,12-13H2,1H3. The fourth-order valence-electron chi connectivity index (χ4n) is 3.58. The van der Waals surface area contributed by atoms with Crippen LogP contribution in [0.25, 0.3) is 0 Å². The van der Waals surface area contributed by atoms with Crippen molar-refractivity contribution in [2.45, 2.75) is 31.6 Å². The van der Waals surface area contributed by atoms with Crippen LogP contribution < -0.4 is 9.47 Å². The summed E-state index contributed by atoms with van der Waals surface area (Å²) in [4.78, 5) is 0. The van der Waals surface area contributed by atoms with E-state index in [0.717, 1.165) is 35.3 Å². The Morgan fingerprint density at radius 1 is 1.12 bits per heavy atom. The van der Waals surface area contributed by atoms with Gasteiger partial charge in [-0.1, -0.05) is 30.3 Å². The van der Waals surface area contributed by atoms with Crippen molar-refractivity contribution in [2.75, 3.05) is 13.3 Å². The molecule has 2 aromatic carbocycles. The van der Waals surface area contributed by atoms with E-state index in [1.165, 1.54) is 0 Å². The van der Waals surface area contributed by atoms with Crippen molar-refractivity contribution in [1.29, 1.82) is 0 Å². The van der Waals surface area contributed by atoms with E-state index in [1.54, 1.807) is 4.31 Å². The molecule has 5 nitrogen and oxygen atoms in total. The molecule has 4 rings (SSSR count). The van der Waals surface area contributed by atoms with E-state index in [1.807, 2.05) is 49.4 Å². The lowest BCUT2D eigenvalue weighted by Crippen LogP contribution is -2.31. The number of hydrogen-bond acceptors (Lipinski definition) is 4. The molecule has 0 aliphatic carbocycles. The lowest BCUT2D eigenvalue weighted by molar-refractivity contribution is 0.174. The van der Waals surface area contributed by atoms with E-state index in [0.29, 0.717) is 12.3 Å². The number of hydrogen-bond donors (Lipinski definition) is 0. The van der Waals surface area contributed by atoms with Crippen LogP contribution in [0.1, 0.15) is 35.6 Å². The molecule has 1 fully saturated rings. The normalized spacial score (nSPS) is 20.1. The first kappa shape index (κ1) is 16.4. The summed E-state index contributed by atoms with van der Waals surface area (Å²) in [6.07, 6.45) is 1.69. The van der Waals surface area contributed by atoms with Gasteiger partial charge in [-0.2, -0.15) is 4.31 Å². The topological polar surface area (TPSA) is 55.8 Å². The zero-order valence-electron chi connectivity index (χ0n) is 14.1. The van der Waals surface area contributed by atoms with Crippen LogP contribution in [0.2, 0.25) is 0 Å². The quantitative estimate of drug-likeness (QED) is 0.840. The van der Waals surface area contributed by atoms with Gasteiger partial charge >= 0.3 is 0 Å². The maximum Gasteiger partial charge on any atom is 0.231 e. The molecule has 2 aliphatic heterocycles. The van der Waals surface area contributed by atoms with E-state index in [4.69, 9.17) is 9.47 Å². The molecule has 1 saturated heterocycles. The van der Waals surface area contributed by atoms with Gasteiger partial charge in [0.05, 0.1) is 5.75 Å². The number of benzene rings is 2. The first-order valence-electron chi connectivity index (χ1n) is 8.48. The lowest BCUT2D eigenvalue weighted by atomic mass is 10.0. The molecule has 0 radical (unpaired) electrons. The van der Waals surface area contributed by atoms with E-state index < -0.39 is 10.0 Å². The molecule has 6 heteroatoms. The van der Waals surface area contributed by atoms with Crippen LogP contribution in [-0.2, 0) is 15.8 Å². The monoisotopic (exact) mass is 359 g/mol. The smallest absolute Gasteiger partial charge is 0.231 e. The average molecular weight is 359 g/mol. The van der Waals surface area contributed by atoms with Gasteiger partial charge in [-0.15, -0.1) is 0 Å². The molecule has 2 heterocycles. The van der Waals surface area contributed by atoms with Crippen LogP contribution in [0.4, 0.5) is 0 Å². The molecule has 2 aromatic rings.